The number of rotatable bonds is 2. The van der Waals surface area contributed by atoms with E-state index in [2.05, 4.69) is 4.74 Å². The van der Waals surface area contributed by atoms with Gasteiger partial charge < -0.3 is 9.47 Å². The molecule has 1 aliphatic rings. The Morgan fingerprint density at radius 2 is 2.19 bits per heavy atom. The summed E-state index contributed by atoms with van der Waals surface area (Å²) in [6.45, 7) is 2.49. The number of fused-ring (bicyclic) bond motifs is 1. The molecule has 3 heteroatoms. The van der Waals surface area contributed by atoms with Crippen LogP contribution >= 0.6 is 0 Å². The molecule has 16 heavy (non-hydrogen) atoms. The first-order valence-corrected chi connectivity index (χ1v) is 5.20. The molecule has 0 radical (unpaired) electrons. The fraction of sp³-hybridized carbons (Fsp3) is 0.308. The number of ether oxygens (including phenoxy) is 2. The van der Waals surface area contributed by atoms with Crippen LogP contribution in [0.25, 0.3) is 5.57 Å². The fourth-order valence-corrected chi connectivity index (χ4v) is 1.82. The van der Waals surface area contributed by atoms with E-state index in [1.807, 2.05) is 31.2 Å². The van der Waals surface area contributed by atoms with Crippen molar-refractivity contribution in [3.63, 3.8) is 0 Å². The third kappa shape index (κ3) is 1.94. The Morgan fingerprint density at radius 3 is 2.94 bits per heavy atom. The van der Waals surface area contributed by atoms with Gasteiger partial charge in [0, 0.05) is 5.56 Å². The van der Waals surface area contributed by atoms with E-state index in [1.165, 1.54) is 7.11 Å². The predicted octanol–water partition coefficient (Wildman–Crippen LogP) is 2.42. The minimum atomic E-state index is -0.214. The van der Waals surface area contributed by atoms with Gasteiger partial charge in [-0.3, -0.25) is 4.79 Å². The highest BCUT2D eigenvalue weighted by atomic mass is 16.5. The van der Waals surface area contributed by atoms with Crippen LogP contribution in [0, 0.1) is 0 Å². The average Bonchev–Trinajstić information content (AvgIpc) is 2.72. The van der Waals surface area contributed by atoms with Crippen LogP contribution in [-0.2, 0) is 9.53 Å². The molecule has 0 aliphatic carbocycles. The molecular formula is C13H14O3. The Labute approximate surface area is 94.7 Å². The van der Waals surface area contributed by atoms with E-state index in [1.54, 1.807) is 0 Å². The van der Waals surface area contributed by atoms with E-state index >= 15 is 0 Å². The van der Waals surface area contributed by atoms with Crippen LogP contribution in [0.4, 0.5) is 0 Å². The van der Waals surface area contributed by atoms with Gasteiger partial charge in [-0.15, -0.1) is 0 Å². The molecule has 0 saturated heterocycles. The number of hydrogen-bond donors (Lipinski definition) is 0. The second-order valence-corrected chi connectivity index (χ2v) is 3.80. The summed E-state index contributed by atoms with van der Waals surface area (Å²) in [6, 6.07) is 7.86. The predicted molar refractivity (Wildman–Crippen MR) is 61.2 cm³/mol. The van der Waals surface area contributed by atoms with Gasteiger partial charge in [-0.05, 0) is 18.6 Å². The number of carbonyl (C=O) groups excluding carboxylic acids is 1. The molecule has 0 aromatic heterocycles. The minimum absolute atomic E-state index is 0.214. The normalized spacial score (nSPS) is 16.4. The molecule has 0 saturated carbocycles. The average molecular weight is 218 g/mol. The van der Waals surface area contributed by atoms with Crippen LogP contribution in [0.3, 0.4) is 0 Å². The zero-order chi connectivity index (χ0) is 11.5. The van der Waals surface area contributed by atoms with Crippen molar-refractivity contribution in [1.29, 1.82) is 0 Å². The number of hydrogen-bond acceptors (Lipinski definition) is 3. The molecule has 1 aromatic carbocycles. The number of carbonyl (C=O) groups is 1. The van der Waals surface area contributed by atoms with E-state index < -0.39 is 0 Å². The van der Waals surface area contributed by atoms with Crippen molar-refractivity contribution in [3.05, 3.63) is 35.4 Å². The molecule has 3 nitrogen and oxygen atoms in total. The van der Waals surface area contributed by atoms with Gasteiger partial charge >= 0.3 is 5.97 Å². The first-order chi connectivity index (χ1) is 7.72. The Kier molecular flexibility index (Phi) is 2.95. The van der Waals surface area contributed by atoms with Gasteiger partial charge in [0.25, 0.3) is 0 Å². The van der Waals surface area contributed by atoms with Crippen molar-refractivity contribution in [1.82, 2.24) is 0 Å². The third-order valence-corrected chi connectivity index (χ3v) is 2.74. The Balaban J connectivity index is 2.29. The molecule has 1 aliphatic heterocycles. The van der Waals surface area contributed by atoms with Crippen LogP contribution in [0.1, 0.15) is 18.9 Å². The monoisotopic (exact) mass is 218 g/mol. The fourth-order valence-electron chi connectivity index (χ4n) is 1.82. The standard InChI is InChI=1S/C13H14O3/c1-9(7-13(14)15-2)11-8-16-12-6-4-3-5-10(11)12/h3-6H,7-8H2,1-2H3/b11-9-. The molecule has 1 aromatic rings. The molecule has 0 amide bonds. The minimum Gasteiger partial charge on any atom is -0.488 e. The molecule has 1 heterocycles. The maximum atomic E-state index is 11.2. The smallest absolute Gasteiger partial charge is 0.309 e. The summed E-state index contributed by atoms with van der Waals surface area (Å²) in [5, 5.41) is 0. The van der Waals surface area contributed by atoms with Crippen molar-refractivity contribution in [2.45, 2.75) is 13.3 Å². The molecule has 0 N–H and O–H groups in total. The lowest BCUT2D eigenvalue weighted by Gasteiger charge is -2.04. The summed E-state index contributed by atoms with van der Waals surface area (Å²) in [5.74, 6) is 0.677. The van der Waals surface area contributed by atoms with Crippen molar-refractivity contribution in [2.24, 2.45) is 0 Å². The van der Waals surface area contributed by atoms with E-state index in [9.17, 15) is 4.79 Å². The van der Waals surface area contributed by atoms with Crippen LogP contribution in [-0.4, -0.2) is 19.7 Å². The first-order valence-electron chi connectivity index (χ1n) is 5.20. The zero-order valence-electron chi connectivity index (χ0n) is 9.45. The Bertz CT molecular complexity index is 446. The van der Waals surface area contributed by atoms with Gasteiger partial charge in [-0.25, -0.2) is 0 Å². The van der Waals surface area contributed by atoms with E-state index in [-0.39, 0.29) is 5.97 Å². The van der Waals surface area contributed by atoms with E-state index in [0.717, 1.165) is 22.5 Å². The van der Waals surface area contributed by atoms with Crippen molar-refractivity contribution >= 4 is 11.5 Å². The number of para-hydroxylation sites is 1. The molecular weight excluding hydrogens is 204 g/mol. The van der Waals surface area contributed by atoms with Gasteiger partial charge in [0.2, 0.25) is 0 Å². The summed E-state index contributed by atoms with van der Waals surface area (Å²) in [5.41, 5.74) is 3.20. The summed E-state index contributed by atoms with van der Waals surface area (Å²) in [7, 11) is 1.40. The van der Waals surface area contributed by atoms with Crippen LogP contribution in [0.15, 0.2) is 29.8 Å². The second kappa shape index (κ2) is 4.39. The van der Waals surface area contributed by atoms with Gasteiger partial charge in [-0.1, -0.05) is 23.8 Å². The highest BCUT2D eigenvalue weighted by molar-refractivity contribution is 5.82. The maximum absolute atomic E-state index is 11.2. The Hall–Kier alpha value is -1.77. The molecule has 2 rings (SSSR count). The molecule has 0 spiro atoms. The summed E-state index contributed by atoms with van der Waals surface area (Å²) < 4.78 is 10.2. The maximum Gasteiger partial charge on any atom is 0.309 e. The van der Waals surface area contributed by atoms with Gasteiger partial charge in [-0.2, -0.15) is 0 Å². The van der Waals surface area contributed by atoms with Crippen LogP contribution in [0.2, 0.25) is 0 Å². The Morgan fingerprint density at radius 1 is 1.44 bits per heavy atom. The van der Waals surface area contributed by atoms with E-state index in [0.29, 0.717) is 13.0 Å². The molecule has 0 atom stereocenters. The highest BCUT2D eigenvalue weighted by Gasteiger charge is 2.19. The topological polar surface area (TPSA) is 35.5 Å². The zero-order valence-corrected chi connectivity index (χ0v) is 9.45. The SMILES string of the molecule is COC(=O)C/C(C)=C1/COc2ccccc21. The number of esters is 1. The molecule has 0 unspecified atom stereocenters. The van der Waals surface area contributed by atoms with Crippen LogP contribution in [0.5, 0.6) is 5.75 Å². The van der Waals surface area contributed by atoms with E-state index in [4.69, 9.17) is 4.74 Å². The summed E-state index contributed by atoms with van der Waals surface area (Å²) >= 11 is 0. The third-order valence-electron chi connectivity index (χ3n) is 2.74. The molecule has 84 valence electrons. The van der Waals surface area contributed by atoms with Crippen molar-refractivity contribution in [2.75, 3.05) is 13.7 Å². The lowest BCUT2D eigenvalue weighted by Crippen LogP contribution is -2.02. The number of benzene rings is 1. The quantitative estimate of drug-likeness (QED) is 0.715. The molecule has 0 fully saturated rings. The van der Waals surface area contributed by atoms with Gasteiger partial charge in [0.15, 0.2) is 0 Å². The molecule has 0 bridgehead atoms. The lowest BCUT2D eigenvalue weighted by atomic mass is 10.0. The summed E-state index contributed by atoms with van der Waals surface area (Å²) in [4.78, 5) is 11.2. The van der Waals surface area contributed by atoms with Gasteiger partial charge in [0.1, 0.15) is 12.4 Å². The lowest BCUT2D eigenvalue weighted by molar-refractivity contribution is -0.139. The highest BCUT2D eigenvalue weighted by Crippen LogP contribution is 2.35. The van der Waals surface area contributed by atoms with Crippen LogP contribution < -0.4 is 4.74 Å². The van der Waals surface area contributed by atoms with Crippen molar-refractivity contribution in [3.8, 4) is 5.75 Å². The first kappa shape index (κ1) is 10.7. The van der Waals surface area contributed by atoms with Gasteiger partial charge in [0.05, 0.1) is 13.5 Å². The number of methoxy groups -OCH3 is 1. The van der Waals surface area contributed by atoms with Crippen molar-refractivity contribution < 1.29 is 14.3 Å². The summed E-state index contributed by atoms with van der Waals surface area (Å²) in [6.07, 6.45) is 0.323. The second-order valence-electron chi connectivity index (χ2n) is 3.80. The largest absolute Gasteiger partial charge is 0.488 e.